The van der Waals surface area contributed by atoms with Crippen LogP contribution in [0, 0.1) is 0 Å². The van der Waals surface area contributed by atoms with Crippen LogP contribution in [0.25, 0.3) is 0 Å². The number of aliphatic hydroxyl groups is 1. The van der Waals surface area contributed by atoms with Crippen LogP contribution in [-0.2, 0) is 28.9 Å². The summed E-state index contributed by atoms with van der Waals surface area (Å²) in [5, 5.41) is 18.7. The molecule has 112 valence electrons. The van der Waals surface area contributed by atoms with E-state index in [0.717, 1.165) is 24.8 Å². The van der Waals surface area contributed by atoms with E-state index in [9.17, 15) is 14.7 Å². The van der Waals surface area contributed by atoms with E-state index < -0.39 is 18.1 Å². The molecule has 2 N–H and O–H groups in total. The minimum atomic E-state index is -1.05. The van der Waals surface area contributed by atoms with Crippen molar-refractivity contribution in [1.29, 1.82) is 0 Å². The number of fused-ring (bicyclic) bond motifs is 1. The number of carboxylic acid groups (broad SMARTS) is 1. The summed E-state index contributed by atoms with van der Waals surface area (Å²) in [4.78, 5) is 24.8. The van der Waals surface area contributed by atoms with Crippen molar-refractivity contribution in [2.75, 3.05) is 6.54 Å². The lowest BCUT2D eigenvalue weighted by atomic mass is 10.0. The average Bonchev–Trinajstić information content (AvgIpc) is 3.04. The molecule has 1 amide bonds. The highest BCUT2D eigenvalue weighted by Crippen LogP contribution is 2.24. The number of likely N-dealkylation sites (tertiary alicyclic amines) is 1. The maximum absolute atomic E-state index is 12.3. The van der Waals surface area contributed by atoms with Gasteiger partial charge in [-0.3, -0.25) is 4.79 Å². The van der Waals surface area contributed by atoms with Gasteiger partial charge in [-0.05, 0) is 36.0 Å². The molecule has 2 unspecified atom stereocenters. The van der Waals surface area contributed by atoms with Crippen LogP contribution in [0.4, 0.5) is 0 Å². The third kappa shape index (κ3) is 2.78. The standard InChI is InChI=1S/C16H19NO4/c18-13-8-14(16(20)21)17(9-13)15(19)7-10-4-5-11-2-1-3-12(11)6-10/h4-6,13-14,18H,1-3,7-9H2,(H,20,21). The lowest BCUT2D eigenvalue weighted by Crippen LogP contribution is -2.41. The topological polar surface area (TPSA) is 77.8 Å². The van der Waals surface area contributed by atoms with Crippen LogP contribution in [0.5, 0.6) is 0 Å². The second-order valence-electron chi connectivity index (χ2n) is 5.92. The molecule has 1 aliphatic carbocycles. The predicted molar refractivity (Wildman–Crippen MR) is 75.9 cm³/mol. The highest BCUT2D eigenvalue weighted by atomic mass is 16.4. The molecule has 0 saturated carbocycles. The number of carboxylic acids is 1. The Kier molecular flexibility index (Phi) is 3.68. The maximum Gasteiger partial charge on any atom is 0.326 e. The van der Waals surface area contributed by atoms with Crippen LogP contribution >= 0.6 is 0 Å². The van der Waals surface area contributed by atoms with E-state index in [0.29, 0.717) is 0 Å². The molecule has 3 rings (SSSR count). The summed E-state index contributed by atoms with van der Waals surface area (Å²) in [6, 6.07) is 5.17. The number of hydrogen-bond acceptors (Lipinski definition) is 3. The molecule has 1 aromatic rings. The normalized spacial score (nSPS) is 24.1. The lowest BCUT2D eigenvalue weighted by Gasteiger charge is -2.21. The van der Waals surface area contributed by atoms with Crippen LogP contribution in [0.2, 0.25) is 0 Å². The van der Waals surface area contributed by atoms with Gasteiger partial charge in [-0.25, -0.2) is 4.79 Å². The molecular weight excluding hydrogens is 270 g/mol. The minimum absolute atomic E-state index is 0.112. The van der Waals surface area contributed by atoms with E-state index in [2.05, 4.69) is 12.1 Å². The molecule has 2 atom stereocenters. The van der Waals surface area contributed by atoms with Crippen LogP contribution in [-0.4, -0.2) is 45.7 Å². The van der Waals surface area contributed by atoms with Gasteiger partial charge in [0.2, 0.25) is 5.91 Å². The van der Waals surface area contributed by atoms with Crippen molar-refractivity contribution in [2.24, 2.45) is 0 Å². The summed E-state index contributed by atoms with van der Waals surface area (Å²) >= 11 is 0. The second kappa shape index (κ2) is 5.48. The Labute approximate surface area is 123 Å². The number of β-amino-alcohol motifs (C(OH)–C–C–N with tert-alkyl or cyclic N) is 1. The van der Waals surface area contributed by atoms with Gasteiger partial charge in [0.1, 0.15) is 6.04 Å². The van der Waals surface area contributed by atoms with Crippen LogP contribution in [0.1, 0.15) is 29.5 Å². The average molecular weight is 289 g/mol. The fourth-order valence-corrected chi connectivity index (χ4v) is 3.33. The number of nitrogens with zero attached hydrogens (tertiary/aromatic N) is 1. The monoisotopic (exact) mass is 289 g/mol. The molecule has 0 bridgehead atoms. The Morgan fingerprint density at radius 1 is 1.24 bits per heavy atom. The highest BCUT2D eigenvalue weighted by molar-refractivity contribution is 5.85. The van der Waals surface area contributed by atoms with Crippen molar-refractivity contribution in [3.8, 4) is 0 Å². The van der Waals surface area contributed by atoms with Crippen molar-refractivity contribution >= 4 is 11.9 Å². The summed E-state index contributed by atoms with van der Waals surface area (Å²) in [6.07, 6.45) is 2.89. The number of carbonyl (C=O) groups is 2. The number of aliphatic carboxylic acids is 1. The molecule has 1 aliphatic heterocycles. The molecule has 2 aliphatic rings. The zero-order chi connectivity index (χ0) is 15.0. The first-order chi connectivity index (χ1) is 10.0. The largest absolute Gasteiger partial charge is 0.480 e. The van der Waals surface area contributed by atoms with Gasteiger partial charge in [0.05, 0.1) is 12.5 Å². The van der Waals surface area contributed by atoms with Crippen LogP contribution < -0.4 is 0 Å². The Hall–Kier alpha value is -1.88. The van der Waals surface area contributed by atoms with E-state index in [1.807, 2.05) is 6.07 Å². The fraction of sp³-hybridized carbons (Fsp3) is 0.500. The zero-order valence-corrected chi connectivity index (χ0v) is 11.8. The van der Waals surface area contributed by atoms with Gasteiger partial charge in [-0.1, -0.05) is 18.2 Å². The zero-order valence-electron chi connectivity index (χ0n) is 11.8. The second-order valence-corrected chi connectivity index (χ2v) is 5.92. The molecule has 0 radical (unpaired) electrons. The fourth-order valence-electron chi connectivity index (χ4n) is 3.33. The van der Waals surface area contributed by atoms with Crippen molar-refractivity contribution in [2.45, 2.75) is 44.2 Å². The molecule has 0 aromatic heterocycles. The van der Waals surface area contributed by atoms with E-state index in [-0.39, 0.29) is 25.3 Å². The first kappa shape index (κ1) is 14.1. The van der Waals surface area contributed by atoms with E-state index >= 15 is 0 Å². The molecule has 5 nitrogen and oxygen atoms in total. The molecule has 1 heterocycles. The van der Waals surface area contributed by atoms with Gasteiger partial charge in [0, 0.05) is 13.0 Å². The van der Waals surface area contributed by atoms with Gasteiger partial charge < -0.3 is 15.1 Å². The smallest absolute Gasteiger partial charge is 0.326 e. The van der Waals surface area contributed by atoms with Gasteiger partial charge in [-0.2, -0.15) is 0 Å². The van der Waals surface area contributed by atoms with Crippen LogP contribution in [0.15, 0.2) is 18.2 Å². The summed E-state index contributed by atoms with van der Waals surface area (Å²) in [6.45, 7) is 0.112. The highest BCUT2D eigenvalue weighted by Gasteiger charge is 2.38. The summed E-state index contributed by atoms with van der Waals surface area (Å²) in [7, 11) is 0. The summed E-state index contributed by atoms with van der Waals surface area (Å²) in [5.41, 5.74) is 3.58. The van der Waals surface area contributed by atoms with Gasteiger partial charge in [0.25, 0.3) is 0 Å². The van der Waals surface area contributed by atoms with Crippen molar-refractivity contribution in [1.82, 2.24) is 4.90 Å². The SMILES string of the molecule is O=C(O)C1CC(O)CN1C(=O)Cc1ccc2c(c1)CCC2. The molecule has 21 heavy (non-hydrogen) atoms. The van der Waals surface area contributed by atoms with Crippen molar-refractivity contribution < 1.29 is 19.8 Å². The van der Waals surface area contributed by atoms with Gasteiger partial charge >= 0.3 is 5.97 Å². The lowest BCUT2D eigenvalue weighted by molar-refractivity contribution is -0.148. The molecule has 1 aromatic carbocycles. The predicted octanol–water partition coefficient (Wildman–Crippen LogP) is 0.764. The van der Waals surface area contributed by atoms with Crippen molar-refractivity contribution in [3.05, 3.63) is 34.9 Å². The molecule has 0 spiro atoms. The number of hydrogen-bond donors (Lipinski definition) is 2. The maximum atomic E-state index is 12.3. The molecule has 1 fully saturated rings. The molecular formula is C16H19NO4. The number of rotatable bonds is 3. The molecule has 1 saturated heterocycles. The van der Waals surface area contributed by atoms with Crippen LogP contribution in [0.3, 0.4) is 0 Å². The van der Waals surface area contributed by atoms with E-state index in [1.54, 1.807) is 0 Å². The summed E-state index contributed by atoms with van der Waals surface area (Å²) in [5.74, 6) is -1.27. The Morgan fingerprint density at radius 2 is 2.00 bits per heavy atom. The Morgan fingerprint density at radius 3 is 2.76 bits per heavy atom. The summed E-state index contributed by atoms with van der Waals surface area (Å²) < 4.78 is 0. The first-order valence-electron chi connectivity index (χ1n) is 7.35. The van der Waals surface area contributed by atoms with Gasteiger partial charge in [-0.15, -0.1) is 0 Å². The number of benzene rings is 1. The van der Waals surface area contributed by atoms with Crippen molar-refractivity contribution in [3.63, 3.8) is 0 Å². The number of amides is 1. The number of aryl methyl sites for hydroxylation is 2. The van der Waals surface area contributed by atoms with Gasteiger partial charge in [0.15, 0.2) is 0 Å². The minimum Gasteiger partial charge on any atom is -0.480 e. The van der Waals surface area contributed by atoms with E-state index in [1.165, 1.54) is 16.0 Å². The molecule has 5 heteroatoms. The first-order valence-corrected chi connectivity index (χ1v) is 7.35. The Balaban J connectivity index is 1.72. The third-order valence-corrected chi connectivity index (χ3v) is 4.40. The quantitative estimate of drug-likeness (QED) is 0.861. The number of carbonyl (C=O) groups excluding carboxylic acids is 1. The number of aliphatic hydroxyl groups excluding tert-OH is 1. The third-order valence-electron chi connectivity index (χ3n) is 4.40. The Bertz CT molecular complexity index is 584. The van der Waals surface area contributed by atoms with E-state index in [4.69, 9.17) is 5.11 Å².